The van der Waals surface area contributed by atoms with Crippen LogP contribution in [0.15, 0.2) is 97.3 Å². The van der Waals surface area contributed by atoms with Crippen LogP contribution in [-0.2, 0) is 11.3 Å². The predicted octanol–water partition coefficient (Wildman–Crippen LogP) is 4.89. The summed E-state index contributed by atoms with van der Waals surface area (Å²) in [6.45, 7) is 0.667. The van der Waals surface area contributed by atoms with E-state index in [4.69, 9.17) is 4.98 Å². The molecule has 0 bridgehead atoms. The molecule has 0 aliphatic heterocycles. The molecule has 5 aromatic rings. The van der Waals surface area contributed by atoms with E-state index in [2.05, 4.69) is 33.8 Å². The summed E-state index contributed by atoms with van der Waals surface area (Å²) in [4.78, 5) is 34.2. The molecule has 6 heteroatoms. The molecule has 0 spiro atoms. The van der Waals surface area contributed by atoms with Gasteiger partial charge in [0.2, 0.25) is 5.91 Å². The van der Waals surface area contributed by atoms with Gasteiger partial charge in [-0.25, -0.2) is 4.98 Å². The maximum Gasteiger partial charge on any atom is 0.252 e. The number of benzene rings is 3. The van der Waals surface area contributed by atoms with Crippen LogP contribution < -0.4 is 10.6 Å². The quantitative estimate of drug-likeness (QED) is 0.362. The van der Waals surface area contributed by atoms with Crippen molar-refractivity contribution in [3.05, 3.63) is 108 Å². The van der Waals surface area contributed by atoms with Gasteiger partial charge in [-0.15, -0.1) is 0 Å². The first kappa shape index (κ1) is 22.2. The Labute approximate surface area is 203 Å². The van der Waals surface area contributed by atoms with Crippen molar-refractivity contribution in [1.82, 2.24) is 20.6 Å². The van der Waals surface area contributed by atoms with Crippen LogP contribution in [0, 0.1) is 0 Å². The largest absolute Gasteiger partial charge is 0.352 e. The minimum Gasteiger partial charge on any atom is -0.352 e. The zero-order valence-corrected chi connectivity index (χ0v) is 19.1. The second kappa shape index (κ2) is 10.1. The van der Waals surface area contributed by atoms with Crippen LogP contribution in [-0.4, -0.2) is 28.3 Å². The molecule has 35 heavy (non-hydrogen) atoms. The van der Waals surface area contributed by atoms with Crippen LogP contribution in [0.5, 0.6) is 0 Å². The molecule has 3 aromatic carbocycles. The number of fused-ring (bicyclic) bond motifs is 2. The Morgan fingerprint density at radius 3 is 2.37 bits per heavy atom. The topological polar surface area (TPSA) is 84.0 Å². The summed E-state index contributed by atoms with van der Waals surface area (Å²) < 4.78 is 0. The van der Waals surface area contributed by atoms with Gasteiger partial charge < -0.3 is 10.6 Å². The molecule has 2 aromatic heterocycles. The highest BCUT2D eigenvalue weighted by Crippen LogP contribution is 2.30. The average Bonchev–Trinajstić information content (AvgIpc) is 2.91. The maximum absolute atomic E-state index is 13.2. The van der Waals surface area contributed by atoms with Gasteiger partial charge in [0.25, 0.3) is 5.91 Å². The van der Waals surface area contributed by atoms with E-state index in [1.54, 1.807) is 12.4 Å². The maximum atomic E-state index is 13.2. The number of nitrogens with zero attached hydrogens (tertiary/aromatic N) is 2. The average molecular weight is 461 g/mol. The first-order valence-electron chi connectivity index (χ1n) is 11.5. The number of carbonyl (C=O) groups is 2. The third-order valence-electron chi connectivity index (χ3n) is 5.90. The molecule has 0 saturated carbocycles. The van der Waals surface area contributed by atoms with Crippen molar-refractivity contribution < 1.29 is 9.59 Å². The van der Waals surface area contributed by atoms with E-state index in [1.165, 1.54) is 0 Å². The molecule has 0 atom stereocenters. The lowest BCUT2D eigenvalue weighted by molar-refractivity contribution is -0.121. The molecule has 0 fully saturated rings. The fraction of sp³-hybridized carbons (Fsp3) is 0.103. The Bertz CT molecular complexity index is 1510. The highest BCUT2D eigenvalue weighted by molar-refractivity contribution is 6.08. The Morgan fingerprint density at radius 2 is 1.51 bits per heavy atom. The molecule has 2 amide bonds. The second-order valence-electron chi connectivity index (χ2n) is 8.24. The normalized spacial score (nSPS) is 10.9. The fourth-order valence-electron chi connectivity index (χ4n) is 4.12. The lowest BCUT2D eigenvalue weighted by atomic mass is 9.99. The molecular formula is C29H24N4O2. The van der Waals surface area contributed by atoms with Gasteiger partial charge in [-0.2, -0.15) is 0 Å². The summed E-state index contributed by atoms with van der Waals surface area (Å²) in [6.07, 6.45) is 3.57. The van der Waals surface area contributed by atoms with Crippen molar-refractivity contribution in [3.8, 4) is 11.3 Å². The summed E-state index contributed by atoms with van der Waals surface area (Å²) in [5.41, 5.74) is 3.97. The summed E-state index contributed by atoms with van der Waals surface area (Å²) in [5.74, 6) is -0.356. The van der Waals surface area contributed by atoms with Crippen molar-refractivity contribution >= 4 is 33.5 Å². The van der Waals surface area contributed by atoms with Gasteiger partial charge in [-0.05, 0) is 40.6 Å². The zero-order valence-electron chi connectivity index (χ0n) is 19.1. The van der Waals surface area contributed by atoms with Gasteiger partial charge in [0.1, 0.15) is 0 Å². The van der Waals surface area contributed by atoms with Gasteiger partial charge in [0.15, 0.2) is 0 Å². The van der Waals surface area contributed by atoms with E-state index < -0.39 is 0 Å². The molecule has 0 unspecified atom stereocenters. The zero-order chi connectivity index (χ0) is 24.0. The van der Waals surface area contributed by atoms with Crippen LogP contribution in [0.1, 0.15) is 22.3 Å². The fourth-order valence-corrected chi connectivity index (χ4v) is 4.12. The van der Waals surface area contributed by atoms with Gasteiger partial charge >= 0.3 is 0 Å². The Balaban J connectivity index is 1.35. The Hall–Kier alpha value is -4.58. The van der Waals surface area contributed by atoms with Crippen LogP contribution in [0.4, 0.5) is 0 Å². The van der Waals surface area contributed by atoms with Gasteiger partial charge in [-0.1, -0.05) is 60.7 Å². The molecular weight excluding hydrogens is 436 g/mol. The predicted molar refractivity (Wildman–Crippen MR) is 138 cm³/mol. The molecule has 172 valence electrons. The summed E-state index contributed by atoms with van der Waals surface area (Å²) in [7, 11) is 0. The van der Waals surface area contributed by atoms with Gasteiger partial charge in [0.05, 0.1) is 16.8 Å². The molecule has 6 nitrogen and oxygen atoms in total. The number of carbonyl (C=O) groups excluding carboxylic acids is 2. The van der Waals surface area contributed by atoms with Crippen LogP contribution in [0.2, 0.25) is 0 Å². The van der Waals surface area contributed by atoms with E-state index in [0.717, 1.165) is 38.5 Å². The third-order valence-corrected chi connectivity index (χ3v) is 5.90. The van der Waals surface area contributed by atoms with Crippen LogP contribution in [0.25, 0.3) is 32.9 Å². The number of hydrogen-bond donors (Lipinski definition) is 2. The minimum atomic E-state index is -0.230. The Kier molecular flexibility index (Phi) is 6.44. The number of amides is 2. The van der Waals surface area contributed by atoms with Crippen molar-refractivity contribution in [2.45, 2.75) is 13.0 Å². The monoisotopic (exact) mass is 460 g/mol. The molecule has 0 aliphatic carbocycles. The van der Waals surface area contributed by atoms with E-state index >= 15 is 0 Å². The van der Waals surface area contributed by atoms with Crippen LogP contribution in [0.3, 0.4) is 0 Å². The number of aromatic nitrogens is 2. The lowest BCUT2D eigenvalue weighted by Gasteiger charge is -2.12. The molecule has 5 rings (SSSR count). The first-order valence-corrected chi connectivity index (χ1v) is 11.5. The van der Waals surface area contributed by atoms with E-state index in [-0.39, 0.29) is 24.8 Å². The number of rotatable bonds is 7. The minimum absolute atomic E-state index is 0.127. The molecule has 0 aliphatic rings. The van der Waals surface area contributed by atoms with Gasteiger partial charge in [0, 0.05) is 42.9 Å². The Morgan fingerprint density at radius 1 is 0.771 bits per heavy atom. The smallest absolute Gasteiger partial charge is 0.252 e. The third kappa shape index (κ3) is 5.01. The van der Waals surface area contributed by atoms with Crippen molar-refractivity contribution in [1.29, 1.82) is 0 Å². The molecule has 2 heterocycles. The van der Waals surface area contributed by atoms with Crippen molar-refractivity contribution in [2.75, 3.05) is 6.54 Å². The highest BCUT2D eigenvalue weighted by Gasteiger charge is 2.15. The number of hydrogen-bond acceptors (Lipinski definition) is 4. The van der Waals surface area contributed by atoms with E-state index in [1.807, 2.05) is 66.7 Å². The molecule has 0 radical (unpaired) electrons. The van der Waals surface area contributed by atoms with E-state index in [0.29, 0.717) is 12.1 Å². The first-order chi connectivity index (χ1) is 17.2. The summed E-state index contributed by atoms with van der Waals surface area (Å²) in [5, 5.41) is 8.73. The SMILES string of the molecule is O=C(CCNC(=O)c1cc(-c2cccc3ccccc23)nc2ccccc12)NCc1ccncc1. The van der Waals surface area contributed by atoms with E-state index in [9.17, 15) is 9.59 Å². The standard InChI is InChI=1S/C29H24N4O2/c34-28(32-19-20-12-15-30-16-13-20)14-17-31-29(35)25-18-27(33-26-11-4-3-9-24(25)26)23-10-5-7-21-6-1-2-8-22(21)23/h1-13,15-16,18H,14,17,19H2,(H,31,35)(H,32,34). The number of para-hydroxylation sites is 1. The molecule has 0 saturated heterocycles. The summed E-state index contributed by atoms with van der Waals surface area (Å²) >= 11 is 0. The van der Waals surface area contributed by atoms with Crippen molar-refractivity contribution in [2.24, 2.45) is 0 Å². The molecule has 2 N–H and O–H groups in total. The highest BCUT2D eigenvalue weighted by atomic mass is 16.2. The van der Waals surface area contributed by atoms with Gasteiger partial charge in [-0.3, -0.25) is 14.6 Å². The number of nitrogens with one attached hydrogen (secondary N) is 2. The lowest BCUT2D eigenvalue weighted by Crippen LogP contribution is -2.30. The summed E-state index contributed by atoms with van der Waals surface area (Å²) in [6, 6.07) is 27.4. The second-order valence-corrected chi connectivity index (χ2v) is 8.24. The van der Waals surface area contributed by atoms with Crippen LogP contribution >= 0.6 is 0 Å². The number of pyridine rings is 2. The van der Waals surface area contributed by atoms with Crippen molar-refractivity contribution in [3.63, 3.8) is 0 Å².